The minimum absolute atomic E-state index is 0.429. The fourth-order valence-corrected chi connectivity index (χ4v) is 3.01. The van der Waals surface area contributed by atoms with Crippen LogP contribution in [-0.4, -0.2) is 26.2 Å². The van der Waals surface area contributed by atoms with Crippen molar-refractivity contribution in [1.29, 1.82) is 0 Å². The number of allylic oxidation sites excluding steroid dienone is 4. The first-order valence-corrected chi connectivity index (χ1v) is 7.42. The van der Waals surface area contributed by atoms with E-state index in [0.717, 1.165) is 36.8 Å². The van der Waals surface area contributed by atoms with Gasteiger partial charge in [-0.2, -0.15) is 0 Å². The summed E-state index contributed by atoms with van der Waals surface area (Å²) in [7, 11) is 2.66. The van der Waals surface area contributed by atoms with E-state index in [0.29, 0.717) is 24.0 Å². The van der Waals surface area contributed by atoms with Crippen molar-refractivity contribution in [3.8, 4) is 0 Å². The van der Waals surface area contributed by atoms with E-state index >= 15 is 0 Å². The van der Waals surface area contributed by atoms with Gasteiger partial charge >= 0.3 is 11.9 Å². The van der Waals surface area contributed by atoms with Gasteiger partial charge in [-0.05, 0) is 25.7 Å². The molecule has 0 N–H and O–H groups in total. The number of carbonyl (C=O) groups excluding carboxylic acids is 2. The molecule has 0 amide bonds. The summed E-state index contributed by atoms with van der Waals surface area (Å²) in [6.45, 7) is 8.12. The Morgan fingerprint density at radius 1 is 0.773 bits per heavy atom. The molecule has 0 radical (unpaired) electrons. The average molecular weight is 302 g/mol. The zero-order valence-corrected chi connectivity index (χ0v) is 13.3. The van der Waals surface area contributed by atoms with E-state index in [9.17, 15) is 9.59 Å². The zero-order chi connectivity index (χ0) is 16.3. The SMILES string of the molecule is C=C1CCC2=C(CCC1=C)CC(C(=O)OC)=C(C(=O)OC)C2. The Morgan fingerprint density at radius 2 is 1.14 bits per heavy atom. The molecule has 118 valence electrons. The van der Waals surface area contributed by atoms with Crippen molar-refractivity contribution in [2.75, 3.05) is 14.2 Å². The molecule has 0 aliphatic heterocycles. The maximum absolute atomic E-state index is 12.0. The normalized spacial score (nSPS) is 19.4. The third-order valence-electron chi connectivity index (χ3n) is 4.47. The monoisotopic (exact) mass is 302 g/mol. The molecule has 2 rings (SSSR count). The second-order valence-electron chi connectivity index (χ2n) is 5.71. The molecular formula is C18H22O4. The highest BCUT2D eigenvalue weighted by atomic mass is 16.5. The van der Waals surface area contributed by atoms with Crippen molar-refractivity contribution >= 4 is 11.9 Å². The minimum atomic E-state index is -0.447. The standard InChI is InChI=1S/C18H22O4/c1-11-5-7-13-9-15(17(19)21-3)16(18(20)22-4)10-14(13)8-6-12(11)2/h1-2,5-10H2,3-4H3. The van der Waals surface area contributed by atoms with Gasteiger partial charge in [-0.3, -0.25) is 0 Å². The predicted molar refractivity (Wildman–Crippen MR) is 84.1 cm³/mol. The molecule has 4 heteroatoms. The highest BCUT2D eigenvalue weighted by molar-refractivity contribution is 6.01. The number of esters is 2. The van der Waals surface area contributed by atoms with E-state index in [1.54, 1.807) is 0 Å². The van der Waals surface area contributed by atoms with Crippen LogP contribution in [0.5, 0.6) is 0 Å². The molecule has 0 aromatic heterocycles. The molecule has 0 bridgehead atoms. The minimum Gasteiger partial charge on any atom is -0.466 e. The second kappa shape index (κ2) is 6.77. The highest BCUT2D eigenvalue weighted by Crippen LogP contribution is 2.39. The fraction of sp³-hybridized carbons (Fsp3) is 0.444. The van der Waals surface area contributed by atoms with Crippen LogP contribution in [-0.2, 0) is 19.1 Å². The summed E-state index contributed by atoms with van der Waals surface area (Å²) in [6, 6.07) is 0. The van der Waals surface area contributed by atoms with Crippen LogP contribution in [0, 0.1) is 0 Å². The van der Waals surface area contributed by atoms with Crippen LogP contribution in [0.15, 0.2) is 46.6 Å². The summed E-state index contributed by atoms with van der Waals surface area (Å²) in [5.74, 6) is -0.894. The Morgan fingerprint density at radius 3 is 1.45 bits per heavy atom. The van der Waals surface area contributed by atoms with E-state index in [1.165, 1.54) is 25.4 Å². The number of methoxy groups -OCH3 is 2. The summed E-state index contributed by atoms with van der Waals surface area (Å²) in [4.78, 5) is 24.0. The lowest BCUT2D eigenvalue weighted by Crippen LogP contribution is -2.20. The van der Waals surface area contributed by atoms with Crippen LogP contribution in [0.4, 0.5) is 0 Å². The smallest absolute Gasteiger partial charge is 0.334 e. The number of carbonyl (C=O) groups is 2. The maximum atomic E-state index is 12.0. The largest absolute Gasteiger partial charge is 0.466 e. The third kappa shape index (κ3) is 3.21. The van der Waals surface area contributed by atoms with Gasteiger partial charge in [0.05, 0.1) is 25.4 Å². The maximum Gasteiger partial charge on any atom is 0.334 e. The number of hydrogen-bond acceptors (Lipinski definition) is 4. The molecular weight excluding hydrogens is 280 g/mol. The van der Waals surface area contributed by atoms with Crippen molar-refractivity contribution in [3.05, 3.63) is 46.6 Å². The summed E-state index contributed by atoms with van der Waals surface area (Å²) < 4.78 is 9.66. The highest BCUT2D eigenvalue weighted by Gasteiger charge is 2.30. The fourth-order valence-electron chi connectivity index (χ4n) is 3.01. The Hall–Kier alpha value is -2.10. The first-order valence-electron chi connectivity index (χ1n) is 7.42. The molecule has 0 unspecified atom stereocenters. The van der Waals surface area contributed by atoms with Gasteiger partial charge in [0.25, 0.3) is 0 Å². The van der Waals surface area contributed by atoms with Gasteiger partial charge in [0.1, 0.15) is 0 Å². The molecule has 0 aromatic rings. The first-order chi connectivity index (χ1) is 10.5. The molecule has 2 aliphatic rings. The predicted octanol–water partition coefficient (Wildman–Crippen LogP) is 3.41. The molecule has 0 fully saturated rings. The van der Waals surface area contributed by atoms with E-state index in [2.05, 4.69) is 13.2 Å². The Bertz CT molecular complexity index is 553. The van der Waals surface area contributed by atoms with E-state index in [1.807, 2.05) is 0 Å². The number of rotatable bonds is 2. The van der Waals surface area contributed by atoms with Crippen LogP contribution < -0.4 is 0 Å². The molecule has 0 aromatic carbocycles. The van der Waals surface area contributed by atoms with E-state index in [-0.39, 0.29) is 0 Å². The van der Waals surface area contributed by atoms with Gasteiger partial charge < -0.3 is 9.47 Å². The summed E-state index contributed by atoms with van der Waals surface area (Å²) in [6.07, 6.45) is 4.32. The van der Waals surface area contributed by atoms with Gasteiger partial charge in [0, 0.05) is 12.8 Å². The summed E-state index contributed by atoms with van der Waals surface area (Å²) in [5, 5.41) is 0. The zero-order valence-electron chi connectivity index (χ0n) is 13.3. The number of hydrogen-bond donors (Lipinski definition) is 0. The Labute approximate surface area is 131 Å². The van der Waals surface area contributed by atoms with Crippen molar-refractivity contribution < 1.29 is 19.1 Å². The quantitative estimate of drug-likeness (QED) is 0.579. The Balaban J connectivity index is 2.33. The van der Waals surface area contributed by atoms with Gasteiger partial charge in [-0.15, -0.1) is 0 Å². The lowest BCUT2D eigenvalue weighted by Gasteiger charge is -2.27. The van der Waals surface area contributed by atoms with Crippen LogP contribution in [0.25, 0.3) is 0 Å². The van der Waals surface area contributed by atoms with Crippen LogP contribution in [0.3, 0.4) is 0 Å². The van der Waals surface area contributed by atoms with E-state index < -0.39 is 11.9 Å². The Kier molecular flexibility index (Phi) is 5.01. The van der Waals surface area contributed by atoms with Crippen LogP contribution >= 0.6 is 0 Å². The third-order valence-corrected chi connectivity index (χ3v) is 4.47. The van der Waals surface area contributed by atoms with Crippen molar-refractivity contribution in [3.63, 3.8) is 0 Å². The van der Waals surface area contributed by atoms with Gasteiger partial charge in [0.15, 0.2) is 0 Å². The average Bonchev–Trinajstić information content (AvgIpc) is 2.54. The summed E-state index contributed by atoms with van der Waals surface area (Å²) >= 11 is 0. The van der Waals surface area contributed by atoms with Crippen molar-refractivity contribution in [2.24, 2.45) is 0 Å². The molecule has 4 nitrogen and oxygen atoms in total. The molecule has 0 saturated carbocycles. The lowest BCUT2D eigenvalue weighted by atomic mass is 9.79. The van der Waals surface area contributed by atoms with Crippen LogP contribution in [0.1, 0.15) is 38.5 Å². The topological polar surface area (TPSA) is 52.6 Å². The molecule has 0 heterocycles. The first kappa shape index (κ1) is 16.3. The second-order valence-corrected chi connectivity index (χ2v) is 5.71. The van der Waals surface area contributed by atoms with Gasteiger partial charge in [0.2, 0.25) is 0 Å². The number of ether oxygens (including phenoxy) is 2. The molecule has 22 heavy (non-hydrogen) atoms. The van der Waals surface area contributed by atoms with E-state index in [4.69, 9.17) is 9.47 Å². The molecule has 0 saturated heterocycles. The van der Waals surface area contributed by atoms with Gasteiger partial charge in [-0.1, -0.05) is 35.5 Å². The molecule has 0 atom stereocenters. The van der Waals surface area contributed by atoms with Crippen molar-refractivity contribution in [2.45, 2.75) is 38.5 Å². The van der Waals surface area contributed by atoms with Crippen molar-refractivity contribution in [1.82, 2.24) is 0 Å². The summed E-state index contributed by atoms with van der Waals surface area (Å²) in [5.41, 5.74) is 5.46. The van der Waals surface area contributed by atoms with Gasteiger partial charge in [-0.25, -0.2) is 9.59 Å². The molecule has 2 aliphatic carbocycles. The lowest BCUT2D eigenvalue weighted by molar-refractivity contribution is -0.139. The molecule has 0 spiro atoms. The van der Waals surface area contributed by atoms with Crippen LogP contribution in [0.2, 0.25) is 0 Å².